The van der Waals surface area contributed by atoms with Crippen molar-refractivity contribution in [3.8, 4) is 0 Å². The monoisotopic (exact) mass is 151 g/mol. The van der Waals surface area contributed by atoms with Crippen LogP contribution in [0, 0.1) is 11.8 Å². The predicted octanol–water partition coefficient (Wildman–Crippen LogP) is 0.256. The number of hydrogen-bond donors (Lipinski definition) is 2. The molecule has 0 aromatic carbocycles. The number of halogens is 1. The van der Waals surface area contributed by atoms with Crippen molar-refractivity contribution in [3.63, 3.8) is 0 Å². The van der Waals surface area contributed by atoms with Gasteiger partial charge in [-0.25, -0.2) is 0 Å². The van der Waals surface area contributed by atoms with Crippen LogP contribution in [0.25, 0.3) is 0 Å². The number of hydrogen-bond acceptors (Lipinski definition) is 2. The molecule has 56 valence electrons. The normalized spacial score (nSPS) is 22.0. The summed E-state index contributed by atoms with van der Waals surface area (Å²) in [7, 11) is 0. The van der Waals surface area contributed by atoms with E-state index >= 15 is 0 Å². The second-order valence-corrected chi connectivity index (χ2v) is 2.58. The Kier molecular flexibility index (Phi) is 4.19. The summed E-state index contributed by atoms with van der Waals surface area (Å²) < 4.78 is 0. The molecule has 1 rings (SSSR count). The lowest BCUT2D eigenvalue weighted by Crippen LogP contribution is -2.46. The summed E-state index contributed by atoms with van der Waals surface area (Å²) in [5.74, 6) is 1.23. The van der Waals surface area contributed by atoms with E-state index in [2.05, 4.69) is 12.2 Å². The van der Waals surface area contributed by atoms with Gasteiger partial charge in [0.05, 0.1) is 0 Å². The highest BCUT2D eigenvalue weighted by Crippen LogP contribution is 2.13. The molecular weight excluding hydrogens is 138 g/mol. The summed E-state index contributed by atoms with van der Waals surface area (Å²) in [6, 6.07) is 0. The minimum atomic E-state index is 0. The maximum absolute atomic E-state index is 8.64. The molecule has 3 heteroatoms. The molecule has 0 aromatic rings. The first kappa shape index (κ1) is 9.21. The Bertz CT molecular complexity index is 72.7. The number of aliphatic hydroxyl groups is 1. The van der Waals surface area contributed by atoms with Gasteiger partial charge in [-0.2, -0.15) is 0 Å². The van der Waals surface area contributed by atoms with E-state index in [1.165, 1.54) is 0 Å². The summed E-state index contributed by atoms with van der Waals surface area (Å²) in [4.78, 5) is 0. The van der Waals surface area contributed by atoms with Gasteiger partial charge in [0.15, 0.2) is 0 Å². The Morgan fingerprint density at radius 1 is 1.67 bits per heavy atom. The molecule has 2 N–H and O–H groups in total. The van der Waals surface area contributed by atoms with Crippen molar-refractivity contribution in [1.29, 1.82) is 0 Å². The zero-order valence-corrected chi connectivity index (χ0v) is 6.45. The lowest BCUT2D eigenvalue weighted by Gasteiger charge is -2.31. The zero-order chi connectivity index (χ0) is 5.98. The maximum Gasteiger partial charge on any atom is 0.0460 e. The lowest BCUT2D eigenvalue weighted by atomic mass is 9.90. The van der Waals surface area contributed by atoms with Crippen molar-refractivity contribution in [3.05, 3.63) is 0 Å². The molecule has 1 atom stereocenters. The fourth-order valence-electron chi connectivity index (χ4n) is 0.862. The third-order valence-electron chi connectivity index (χ3n) is 1.91. The second kappa shape index (κ2) is 4.09. The first-order valence-corrected chi connectivity index (χ1v) is 3.16. The molecule has 1 saturated heterocycles. The molecule has 0 amide bonds. The quantitative estimate of drug-likeness (QED) is 0.594. The summed E-state index contributed by atoms with van der Waals surface area (Å²) in [6.45, 7) is 4.63. The smallest absolute Gasteiger partial charge is 0.0460 e. The molecule has 0 bridgehead atoms. The van der Waals surface area contributed by atoms with E-state index in [1.54, 1.807) is 0 Å². The predicted molar refractivity (Wildman–Crippen MR) is 39.9 cm³/mol. The van der Waals surface area contributed by atoms with Crippen LogP contribution in [0.4, 0.5) is 0 Å². The van der Waals surface area contributed by atoms with Gasteiger partial charge in [0, 0.05) is 6.61 Å². The third kappa shape index (κ3) is 2.12. The summed E-state index contributed by atoms with van der Waals surface area (Å²) >= 11 is 0. The minimum Gasteiger partial charge on any atom is -0.396 e. The van der Waals surface area contributed by atoms with E-state index in [0.29, 0.717) is 12.5 Å². The van der Waals surface area contributed by atoms with Gasteiger partial charge < -0.3 is 10.4 Å². The van der Waals surface area contributed by atoms with Gasteiger partial charge in [-0.3, -0.25) is 0 Å². The fourth-order valence-corrected chi connectivity index (χ4v) is 0.862. The van der Waals surface area contributed by atoms with Gasteiger partial charge in [-0.05, 0) is 24.9 Å². The Morgan fingerprint density at radius 3 is 2.33 bits per heavy atom. The van der Waals surface area contributed by atoms with E-state index in [0.717, 1.165) is 19.0 Å². The molecule has 1 aliphatic rings. The lowest BCUT2D eigenvalue weighted by molar-refractivity contribution is 0.152. The van der Waals surface area contributed by atoms with Crippen LogP contribution < -0.4 is 5.32 Å². The number of aliphatic hydroxyl groups excluding tert-OH is 1. The third-order valence-corrected chi connectivity index (χ3v) is 1.91. The van der Waals surface area contributed by atoms with Crippen LogP contribution in [0.1, 0.15) is 6.92 Å². The van der Waals surface area contributed by atoms with E-state index in [-0.39, 0.29) is 12.4 Å². The van der Waals surface area contributed by atoms with Crippen LogP contribution in [0.5, 0.6) is 0 Å². The van der Waals surface area contributed by atoms with Gasteiger partial charge in [0.1, 0.15) is 0 Å². The van der Waals surface area contributed by atoms with E-state index in [1.807, 2.05) is 0 Å². The Morgan fingerprint density at radius 2 is 2.22 bits per heavy atom. The van der Waals surface area contributed by atoms with Crippen molar-refractivity contribution in [2.75, 3.05) is 19.7 Å². The molecule has 1 unspecified atom stereocenters. The largest absolute Gasteiger partial charge is 0.396 e. The first-order valence-electron chi connectivity index (χ1n) is 3.16. The summed E-state index contributed by atoms with van der Waals surface area (Å²) in [6.07, 6.45) is 0. The van der Waals surface area contributed by atoms with Crippen molar-refractivity contribution < 1.29 is 5.11 Å². The molecule has 1 heterocycles. The van der Waals surface area contributed by atoms with Gasteiger partial charge in [0.25, 0.3) is 0 Å². The van der Waals surface area contributed by atoms with Gasteiger partial charge in [0.2, 0.25) is 0 Å². The number of rotatable bonds is 2. The first-order chi connectivity index (χ1) is 3.84. The van der Waals surface area contributed by atoms with Crippen molar-refractivity contribution in [2.45, 2.75) is 6.92 Å². The standard InChI is InChI=1S/C6H13NO.ClH/c1-5(4-8)6-2-7-3-6;/h5-8H,2-4H2,1H3;1H. The molecule has 0 radical (unpaired) electrons. The topological polar surface area (TPSA) is 32.3 Å². The molecular formula is C6H14ClNO. The average molecular weight is 152 g/mol. The number of nitrogens with one attached hydrogen (secondary N) is 1. The molecule has 1 fully saturated rings. The highest BCUT2D eigenvalue weighted by molar-refractivity contribution is 5.85. The van der Waals surface area contributed by atoms with Crippen LogP contribution in [-0.2, 0) is 0 Å². The van der Waals surface area contributed by atoms with Gasteiger partial charge in [-0.15, -0.1) is 12.4 Å². The Labute approximate surface area is 62.1 Å². The van der Waals surface area contributed by atoms with Crippen LogP contribution in [-0.4, -0.2) is 24.8 Å². The maximum atomic E-state index is 8.64. The van der Waals surface area contributed by atoms with Crippen molar-refractivity contribution in [2.24, 2.45) is 11.8 Å². The highest BCUT2D eigenvalue weighted by Gasteiger charge is 2.22. The SMILES string of the molecule is CC(CO)C1CNC1.Cl. The van der Waals surface area contributed by atoms with Crippen LogP contribution >= 0.6 is 12.4 Å². The summed E-state index contributed by atoms with van der Waals surface area (Å²) in [5.41, 5.74) is 0. The van der Waals surface area contributed by atoms with Gasteiger partial charge in [-0.1, -0.05) is 6.92 Å². The van der Waals surface area contributed by atoms with Crippen molar-refractivity contribution in [1.82, 2.24) is 5.32 Å². The van der Waals surface area contributed by atoms with Gasteiger partial charge >= 0.3 is 0 Å². The molecule has 1 aliphatic heterocycles. The Balaban J connectivity index is 0.000000640. The molecule has 0 aliphatic carbocycles. The van der Waals surface area contributed by atoms with Crippen LogP contribution in [0.15, 0.2) is 0 Å². The molecule has 9 heavy (non-hydrogen) atoms. The molecule has 2 nitrogen and oxygen atoms in total. The van der Waals surface area contributed by atoms with E-state index in [9.17, 15) is 0 Å². The zero-order valence-electron chi connectivity index (χ0n) is 5.63. The molecule has 0 spiro atoms. The fraction of sp³-hybridized carbons (Fsp3) is 1.00. The molecule has 0 aromatic heterocycles. The van der Waals surface area contributed by atoms with E-state index in [4.69, 9.17) is 5.11 Å². The second-order valence-electron chi connectivity index (χ2n) is 2.58. The van der Waals surface area contributed by atoms with Crippen molar-refractivity contribution >= 4 is 12.4 Å². The van der Waals surface area contributed by atoms with Crippen LogP contribution in [0.2, 0.25) is 0 Å². The highest BCUT2D eigenvalue weighted by atomic mass is 35.5. The average Bonchev–Trinajstić information content (AvgIpc) is 1.62. The molecule has 0 saturated carbocycles. The Hall–Kier alpha value is 0.210. The van der Waals surface area contributed by atoms with Crippen LogP contribution in [0.3, 0.4) is 0 Å². The summed E-state index contributed by atoms with van der Waals surface area (Å²) in [5, 5.41) is 11.8. The van der Waals surface area contributed by atoms with E-state index < -0.39 is 0 Å². The minimum absolute atomic E-state index is 0.